The summed E-state index contributed by atoms with van der Waals surface area (Å²) >= 11 is 0. The zero-order valence-corrected chi connectivity index (χ0v) is 13.8. The van der Waals surface area contributed by atoms with Crippen LogP contribution in [0.5, 0.6) is 0 Å². The zero-order chi connectivity index (χ0) is 15.4. The molecule has 0 amide bonds. The van der Waals surface area contributed by atoms with Crippen molar-refractivity contribution >= 4 is 7.85 Å². The molecule has 2 aromatic carbocycles. The average Bonchev–Trinajstić information content (AvgIpc) is 2.58. The summed E-state index contributed by atoms with van der Waals surface area (Å²) in [5.74, 6) is 0.694. The van der Waals surface area contributed by atoms with Gasteiger partial charge in [-0.2, -0.15) is 0 Å². The standard InChI is InChI=1S/C20H26BN/c1-17-16-22(14-12-18-8-4-2-5-9-18)15-13-20(17,21)19-10-6-3-7-11-19/h2-11,17H,12-16,21H2,1H3. The fourth-order valence-corrected chi connectivity index (χ4v) is 3.70. The summed E-state index contributed by atoms with van der Waals surface area (Å²) in [5.41, 5.74) is 2.96. The lowest BCUT2D eigenvalue weighted by Gasteiger charge is -2.45. The Bertz CT molecular complexity index is 583. The number of hydrogen-bond acceptors (Lipinski definition) is 1. The summed E-state index contributed by atoms with van der Waals surface area (Å²) in [6, 6.07) is 21.9. The number of rotatable bonds is 4. The minimum absolute atomic E-state index is 0.324. The minimum atomic E-state index is 0.324. The molecule has 1 saturated heterocycles. The van der Waals surface area contributed by atoms with Crippen molar-refractivity contribution in [2.75, 3.05) is 19.6 Å². The van der Waals surface area contributed by atoms with Crippen LogP contribution >= 0.6 is 0 Å². The second-order valence-electron chi connectivity index (χ2n) is 6.97. The van der Waals surface area contributed by atoms with E-state index in [2.05, 4.69) is 80.3 Å². The highest BCUT2D eigenvalue weighted by atomic mass is 15.1. The maximum Gasteiger partial charge on any atom is 0.115 e. The molecule has 2 aromatic rings. The van der Waals surface area contributed by atoms with Crippen molar-refractivity contribution in [1.82, 2.24) is 4.90 Å². The van der Waals surface area contributed by atoms with Gasteiger partial charge in [0.2, 0.25) is 0 Å². The van der Waals surface area contributed by atoms with Gasteiger partial charge in [0.05, 0.1) is 0 Å². The van der Waals surface area contributed by atoms with Crippen molar-refractivity contribution < 1.29 is 0 Å². The summed E-state index contributed by atoms with van der Waals surface area (Å²) in [6.07, 6.45) is 2.42. The number of nitrogens with zero attached hydrogens (tertiary/aromatic N) is 1. The molecule has 1 heterocycles. The first-order chi connectivity index (χ1) is 10.7. The number of hydrogen-bond donors (Lipinski definition) is 0. The quantitative estimate of drug-likeness (QED) is 0.782. The van der Waals surface area contributed by atoms with Gasteiger partial charge in [0, 0.05) is 13.1 Å². The van der Waals surface area contributed by atoms with Crippen LogP contribution in [-0.2, 0) is 11.7 Å². The van der Waals surface area contributed by atoms with Crippen LogP contribution in [0, 0.1) is 5.92 Å². The highest BCUT2D eigenvalue weighted by Crippen LogP contribution is 2.36. The van der Waals surface area contributed by atoms with Gasteiger partial charge in [-0.05, 0) is 41.7 Å². The summed E-state index contributed by atoms with van der Waals surface area (Å²) in [4.78, 5) is 2.64. The summed E-state index contributed by atoms with van der Waals surface area (Å²) in [5, 5.41) is 0.324. The molecule has 114 valence electrons. The Labute approximate surface area is 135 Å². The molecule has 2 atom stereocenters. The Balaban J connectivity index is 1.60. The third-order valence-corrected chi connectivity index (χ3v) is 5.56. The molecule has 0 N–H and O–H groups in total. The van der Waals surface area contributed by atoms with E-state index in [-0.39, 0.29) is 0 Å². The van der Waals surface area contributed by atoms with E-state index in [1.54, 1.807) is 0 Å². The van der Waals surface area contributed by atoms with Crippen LogP contribution in [0.1, 0.15) is 24.5 Å². The van der Waals surface area contributed by atoms with E-state index >= 15 is 0 Å². The van der Waals surface area contributed by atoms with Crippen molar-refractivity contribution in [2.45, 2.75) is 25.1 Å². The minimum Gasteiger partial charge on any atom is -0.303 e. The molecular formula is C20H26BN. The normalized spacial score (nSPS) is 26.0. The van der Waals surface area contributed by atoms with Crippen LogP contribution in [0.25, 0.3) is 0 Å². The lowest BCUT2D eigenvalue weighted by molar-refractivity contribution is 0.145. The fourth-order valence-electron chi connectivity index (χ4n) is 3.70. The molecule has 0 aliphatic carbocycles. The number of piperidine rings is 1. The highest BCUT2D eigenvalue weighted by Gasteiger charge is 2.37. The molecule has 2 unspecified atom stereocenters. The molecule has 1 aliphatic heterocycles. The Hall–Kier alpha value is -1.54. The Morgan fingerprint density at radius 1 is 1.05 bits per heavy atom. The van der Waals surface area contributed by atoms with Crippen molar-refractivity contribution in [3.8, 4) is 0 Å². The predicted octanol–water partition coefficient (Wildman–Crippen LogP) is 3.10. The summed E-state index contributed by atoms with van der Waals surface area (Å²) in [6.45, 7) is 6.02. The molecule has 0 radical (unpaired) electrons. The molecule has 0 aromatic heterocycles. The van der Waals surface area contributed by atoms with Crippen LogP contribution in [0.4, 0.5) is 0 Å². The molecule has 0 bridgehead atoms. The third kappa shape index (κ3) is 3.28. The van der Waals surface area contributed by atoms with Crippen molar-refractivity contribution in [3.05, 3.63) is 71.8 Å². The van der Waals surface area contributed by atoms with Gasteiger partial charge in [-0.25, -0.2) is 0 Å². The molecule has 0 saturated carbocycles. The van der Waals surface area contributed by atoms with E-state index in [4.69, 9.17) is 0 Å². The lowest BCUT2D eigenvalue weighted by Crippen LogP contribution is -2.49. The maximum absolute atomic E-state index is 2.64. The van der Waals surface area contributed by atoms with Crippen LogP contribution in [0.2, 0.25) is 0 Å². The molecule has 1 nitrogen and oxygen atoms in total. The Kier molecular flexibility index (Phi) is 4.68. The van der Waals surface area contributed by atoms with Gasteiger partial charge >= 0.3 is 0 Å². The van der Waals surface area contributed by atoms with E-state index in [1.165, 1.54) is 37.2 Å². The lowest BCUT2D eigenvalue weighted by atomic mass is 9.54. The smallest absolute Gasteiger partial charge is 0.115 e. The van der Waals surface area contributed by atoms with Crippen LogP contribution in [0.15, 0.2) is 60.7 Å². The fraction of sp³-hybridized carbons (Fsp3) is 0.400. The number of benzene rings is 2. The maximum atomic E-state index is 2.64. The molecule has 2 heteroatoms. The summed E-state index contributed by atoms with van der Waals surface area (Å²) in [7, 11) is 2.45. The Morgan fingerprint density at radius 2 is 1.68 bits per heavy atom. The Morgan fingerprint density at radius 3 is 2.32 bits per heavy atom. The second-order valence-corrected chi connectivity index (χ2v) is 6.97. The largest absolute Gasteiger partial charge is 0.303 e. The summed E-state index contributed by atoms with van der Waals surface area (Å²) < 4.78 is 0. The molecule has 0 spiro atoms. The second kappa shape index (κ2) is 6.70. The monoisotopic (exact) mass is 291 g/mol. The van der Waals surface area contributed by atoms with E-state index in [0.717, 1.165) is 6.42 Å². The van der Waals surface area contributed by atoms with E-state index in [0.29, 0.717) is 11.2 Å². The van der Waals surface area contributed by atoms with Crippen molar-refractivity contribution in [2.24, 2.45) is 5.92 Å². The highest BCUT2D eigenvalue weighted by molar-refractivity contribution is 6.16. The first-order valence-electron chi connectivity index (χ1n) is 8.50. The molecule has 3 rings (SSSR count). The van der Waals surface area contributed by atoms with E-state index in [1.807, 2.05) is 0 Å². The van der Waals surface area contributed by atoms with Crippen molar-refractivity contribution in [1.29, 1.82) is 0 Å². The third-order valence-electron chi connectivity index (χ3n) is 5.56. The first kappa shape index (κ1) is 15.4. The van der Waals surface area contributed by atoms with Crippen LogP contribution in [0.3, 0.4) is 0 Å². The first-order valence-corrected chi connectivity index (χ1v) is 8.50. The zero-order valence-electron chi connectivity index (χ0n) is 13.8. The van der Waals surface area contributed by atoms with Gasteiger partial charge in [0.15, 0.2) is 0 Å². The van der Waals surface area contributed by atoms with Gasteiger partial charge in [0.25, 0.3) is 0 Å². The molecule has 1 fully saturated rings. The molecular weight excluding hydrogens is 265 g/mol. The van der Waals surface area contributed by atoms with Gasteiger partial charge < -0.3 is 4.90 Å². The predicted molar refractivity (Wildman–Crippen MR) is 97.0 cm³/mol. The van der Waals surface area contributed by atoms with Crippen LogP contribution < -0.4 is 0 Å². The van der Waals surface area contributed by atoms with E-state index < -0.39 is 0 Å². The van der Waals surface area contributed by atoms with Crippen molar-refractivity contribution in [3.63, 3.8) is 0 Å². The average molecular weight is 291 g/mol. The van der Waals surface area contributed by atoms with Gasteiger partial charge in [-0.3, -0.25) is 0 Å². The van der Waals surface area contributed by atoms with E-state index in [9.17, 15) is 0 Å². The topological polar surface area (TPSA) is 3.24 Å². The van der Waals surface area contributed by atoms with Gasteiger partial charge in [-0.15, -0.1) is 0 Å². The SMILES string of the molecule is BC1(c2ccccc2)CCN(CCc2ccccc2)CC1C. The van der Waals surface area contributed by atoms with Crippen LogP contribution in [-0.4, -0.2) is 32.4 Å². The molecule has 22 heavy (non-hydrogen) atoms. The number of likely N-dealkylation sites (tertiary alicyclic amines) is 1. The molecule has 1 aliphatic rings. The van der Waals surface area contributed by atoms with Gasteiger partial charge in [-0.1, -0.05) is 67.6 Å². The van der Waals surface area contributed by atoms with Gasteiger partial charge in [0.1, 0.15) is 7.85 Å².